The molecule has 0 saturated heterocycles. The summed E-state index contributed by atoms with van der Waals surface area (Å²) in [5, 5.41) is 14.7. The molecule has 0 atom stereocenters. The predicted octanol–water partition coefficient (Wildman–Crippen LogP) is 2.97. The molecule has 0 bridgehead atoms. The number of nitro groups is 1. The molecule has 0 spiro atoms. The summed E-state index contributed by atoms with van der Waals surface area (Å²) in [5.41, 5.74) is 0.121. The van der Waals surface area contributed by atoms with Crippen molar-refractivity contribution in [1.82, 2.24) is 4.83 Å². The predicted molar refractivity (Wildman–Crippen MR) is 100 cm³/mol. The highest BCUT2D eigenvalue weighted by molar-refractivity contribution is 7.89. The van der Waals surface area contributed by atoms with Gasteiger partial charge >= 0.3 is 0 Å². The summed E-state index contributed by atoms with van der Waals surface area (Å²) in [6.07, 6.45) is 1.22. The van der Waals surface area contributed by atoms with Gasteiger partial charge in [0.25, 0.3) is 15.7 Å². The Balaban J connectivity index is 2.24. The van der Waals surface area contributed by atoms with Gasteiger partial charge in [-0.2, -0.15) is 13.5 Å². The largest absolute Gasteiger partial charge is 0.491 e. The van der Waals surface area contributed by atoms with Gasteiger partial charge in [-0.05, 0) is 30.7 Å². The molecule has 0 amide bonds. The van der Waals surface area contributed by atoms with Gasteiger partial charge in [-0.25, -0.2) is 4.83 Å². The summed E-state index contributed by atoms with van der Waals surface area (Å²) in [4.78, 5) is 11.8. The number of nitrogens with zero attached hydrogens (tertiary/aromatic N) is 2. The number of hydrogen-bond acceptors (Lipinski definition) is 7. The van der Waals surface area contributed by atoms with Crippen molar-refractivity contribution in [2.45, 2.75) is 11.8 Å². The first-order valence-electron chi connectivity index (χ1n) is 7.58. The number of nitro benzene ring substituents is 1. The molecule has 0 aliphatic rings. The summed E-state index contributed by atoms with van der Waals surface area (Å²) in [6, 6.07) is 7.73. The standard InChI is InChI=1S/C16H16ClN3O6S/c1-3-26-15-8-11(7-14(17)16(15)25-2)10-18-19-27(23,24)13-6-4-5-12(9-13)20(21)22/h4-10,19H,3H2,1-2H3/b18-10+. The van der Waals surface area contributed by atoms with Gasteiger partial charge in [-0.1, -0.05) is 17.7 Å². The number of ether oxygens (including phenoxy) is 2. The summed E-state index contributed by atoms with van der Waals surface area (Å²) < 4.78 is 35.0. The van der Waals surface area contributed by atoms with E-state index in [2.05, 4.69) is 5.10 Å². The lowest BCUT2D eigenvalue weighted by atomic mass is 10.2. The number of sulfonamides is 1. The van der Waals surface area contributed by atoms with Crippen LogP contribution < -0.4 is 14.3 Å². The molecule has 2 rings (SSSR count). The molecule has 2 aromatic rings. The van der Waals surface area contributed by atoms with E-state index in [1.54, 1.807) is 13.0 Å². The van der Waals surface area contributed by atoms with E-state index in [4.69, 9.17) is 21.1 Å². The minimum absolute atomic E-state index is 0.270. The second kappa shape index (κ2) is 8.69. The molecule has 0 saturated carbocycles. The van der Waals surface area contributed by atoms with Gasteiger partial charge in [0.15, 0.2) is 11.5 Å². The van der Waals surface area contributed by atoms with E-state index >= 15 is 0 Å². The van der Waals surface area contributed by atoms with Crippen molar-refractivity contribution in [2.75, 3.05) is 13.7 Å². The number of halogens is 1. The van der Waals surface area contributed by atoms with Crippen molar-refractivity contribution in [2.24, 2.45) is 5.10 Å². The first kappa shape index (κ1) is 20.5. The van der Waals surface area contributed by atoms with Gasteiger partial charge < -0.3 is 9.47 Å². The molecule has 2 aromatic carbocycles. The molecule has 144 valence electrons. The van der Waals surface area contributed by atoms with E-state index in [1.807, 2.05) is 4.83 Å². The quantitative estimate of drug-likeness (QED) is 0.403. The summed E-state index contributed by atoms with van der Waals surface area (Å²) in [7, 11) is -2.62. The second-order valence-corrected chi connectivity index (χ2v) is 7.14. The Morgan fingerprint density at radius 1 is 1.33 bits per heavy atom. The molecule has 0 radical (unpaired) electrons. The Hall–Kier alpha value is -2.85. The van der Waals surface area contributed by atoms with E-state index in [1.165, 1.54) is 37.6 Å². The molecule has 0 aliphatic heterocycles. The molecule has 11 heteroatoms. The Bertz CT molecular complexity index is 978. The minimum atomic E-state index is -4.07. The zero-order chi connectivity index (χ0) is 20.0. The van der Waals surface area contributed by atoms with Crippen LogP contribution in [0.15, 0.2) is 46.4 Å². The molecular formula is C16H16ClN3O6S. The average Bonchev–Trinajstić information content (AvgIpc) is 2.62. The van der Waals surface area contributed by atoms with Crippen molar-refractivity contribution in [3.05, 3.63) is 57.1 Å². The molecule has 0 aromatic heterocycles. The zero-order valence-corrected chi connectivity index (χ0v) is 16.0. The van der Waals surface area contributed by atoms with Crippen LogP contribution >= 0.6 is 11.6 Å². The lowest BCUT2D eigenvalue weighted by Crippen LogP contribution is -2.18. The normalized spacial score (nSPS) is 11.4. The van der Waals surface area contributed by atoms with Gasteiger partial charge in [0.1, 0.15) is 0 Å². The number of rotatable bonds is 8. The van der Waals surface area contributed by atoms with E-state index in [0.717, 1.165) is 6.07 Å². The number of non-ortho nitro benzene ring substituents is 1. The smallest absolute Gasteiger partial charge is 0.276 e. The molecular weight excluding hydrogens is 398 g/mol. The first-order valence-corrected chi connectivity index (χ1v) is 9.44. The Morgan fingerprint density at radius 3 is 2.70 bits per heavy atom. The number of hydrogen-bond donors (Lipinski definition) is 1. The molecule has 0 heterocycles. The van der Waals surface area contributed by atoms with E-state index in [9.17, 15) is 18.5 Å². The van der Waals surface area contributed by atoms with Gasteiger partial charge in [0.05, 0.1) is 34.8 Å². The van der Waals surface area contributed by atoms with Crippen LogP contribution in [0.5, 0.6) is 11.5 Å². The Labute approximate surface area is 160 Å². The summed E-state index contributed by atoms with van der Waals surface area (Å²) in [6.45, 7) is 2.17. The maximum atomic E-state index is 12.2. The molecule has 0 aliphatic carbocycles. The highest BCUT2D eigenvalue weighted by Crippen LogP contribution is 2.35. The van der Waals surface area contributed by atoms with Crippen LogP contribution in [-0.4, -0.2) is 33.3 Å². The minimum Gasteiger partial charge on any atom is -0.491 e. The molecule has 9 nitrogen and oxygen atoms in total. The van der Waals surface area contributed by atoms with Crippen LogP contribution in [0.1, 0.15) is 12.5 Å². The van der Waals surface area contributed by atoms with Crippen LogP contribution in [0.3, 0.4) is 0 Å². The van der Waals surface area contributed by atoms with Crippen LogP contribution in [0, 0.1) is 10.1 Å². The first-order chi connectivity index (χ1) is 12.8. The Kier molecular flexibility index (Phi) is 6.59. The van der Waals surface area contributed by atoms with E-state index < -0.39 is 14.9 Å². The molecule has 1 N–H and O–H groups in total. The maximum absolute atomic E-state index is 12.2. The Morgan fingerprint density at radius 2 is 2.07 bits per heavy atom. The third kappa shape index (κ3) is 5.08. The fourth-order valence-corrected chi connectivity index (χ4v) is 3.24. The lowest BCUT2D eigenvalue weighted by molar-refractivity contribution is -0.385. The van der Waals surface area contributed by atoms with Crippen molar-refractivity contribution in [3.63, 3.8) is 0 Å². The highest BCUT2D eigenvalue weighted by Gasteiger charge is 2.17. The third-order valence-electron chi connectivity index (χ3n) is 3.26. The summed E-state index contributed by atoms with van der Waals surface area (Å²) >= 11 is 6.11. The van der Waals surface area contributed by atoms with E-state index in [-0.39, 0.29) is 15.6 Å². The highest BCUT2D eigenvalue weighted by atomic mass is 35.5. The SMILES string of the molecule is CCOc1cc(/C=N/NS(=O)(=O)c2cccc([N+](=O)[O-])c2)cc(Cl)c1OC. The second-order valence-electron chi connectivity index (χ2n) is 5.07. The van der Waals surface area contributed by atoms with Crippen molar-refractivity contribution in [1.29, 1.82) is 0 Å². The number of methoxy groups -OCH3 is 1. The average molecular weight is 414 g/mol. The number of hydrazone groups is 1. The maximum Gasteiger partial charge on any atom is 0.276 e. The molecule has 27 heavy (non-hydrogen) atoms. The van der Waals surface area contributed by atoms with Gasteiger partial charge in [-0.15, -0.1) is 0 Å². The monoisotopic (exact) mass is 413 g/mol. The van der Waals surface area contributed by atoms with Crippen LogP contribution in [-0.2, 0) is 10.0 Å². The lowest BCUT2D eigenvalue weighted by Gasteiger charge is -2.11. The van der Waals surface area contributed by atoms with Crippen molar-refractivity contribution in [3.8, 4) is 11.5 Å². The fraction of sp³-hybridized carbons (Fsp3) is 0.188. The zero-order valence-electron chi connectivity index (χ0n) is 14.4. The third-order valence-corrected chi connectivity index (χ3v) is 4.76. The fourth-order valence-electron chi connectivity index (χ4n) is 2.11. The number of nitrogens with one attached hydrogen (secondary N) is 1. The summed E-state index contributed by atoms with van der Waals surface area (Å²) in [5.74, 6) is 0.739. The van der Waals surface area contributed by atoms with E-state index in [0.29, 0.717) is 23.7 Å². The number of benzene rings is 2. The van der Waals surface area contributed by atoms with Crippen molar-refractivity contribution < 1.29 is 22.8 Å². The molecule has 0 unspecified atom stereocenters. The van der Waals surface area contributed by atoms with Gasteiger partial charge in [0.2, 0.25) is 0 Å². The van der Waals surface area contributed by atoms with Crippen LogP contribution in [0.25, 0.3) is 0 Å². The molecule has 0 fully saturated rings. The van der Waals surface area contributed by atoms with Gasteiger partial charge in [-0.3, -0.25) is 10.1 Å². The van der Waals surface area contributed by atoms with Gasteiger partial charge in [0, 0.05) is 12.1 Å². The van der Waals surface area contributed by atoms with Crippen molar-refractivity contribution >= 4 is 33.5 Å². The van der Waals surface area contributed by atoms with Crippen LogP contribution in [0.2, 0.25) is 5.02 Å². The van der Waals surface area contributed by atoms with Crippen LogP contribution in [0.4, 0.5) is 5.69 Å². The topological polar surface area (TPSA) is 120 Å².